The highest BCUT2D eigenvalue weighted by Gasteiger charge is 2.39. The van der Waals surface area contributed by atoms with E-state index in [1.165, 1.54) is 45.2 Å². The first-order chi connectivity index (χ1) is 7.14. The molecule has 0 radical (unpaired) electrons. The lowest BCUT2D eigenvalue weighted by atomic mass is 9.79. The summed E-state index contributed by atoms with van der Waals surface area (Å²) in [6.45, 7) is 7.30. The van der Waals surface area contributed by atoms with Gasteiger partial charge in [-0.05, 0) is 58.2 Å². The van der Waals surface area contributed by atoms with Gasteiger partial charge in [0.25, 0.3) is 0 Å². The predicted octanol–water partition coefficient (Wildman–Crippen LogP) is 2.25. The molecule has 0 aliphatic carbocycles. The molecule has 2 saturated heterocycles. The molecule has 2 unspecified atom stereocenters. The minimum Gasteiger partial charge on any atom is -0.311 e. The third-order valence-electron chi connectivity index (χ3n) is 4.65. The van der Waals surface area contributed by atoms with E-state index in [2.05, 4.69) is 31.1 Å². The summed E-state index contributed by atoms with van der Waals surface area (Å²) in [7, 11) is 2.29. The summed E-state index contributed by atoms with van der Waals surface area (Å²) in [6.07, 6.45) is 6.92. The predicted molar refractivity (Wildman–Crippen MR) is 65.1 cm³/mol. The Kier molecular flexibility index (Phi) is 3.36. The molecule has 2 nitrogen and oxygen atoms in total. The number of nitrogens with one attached hydrogen (secondary N) is 1. The summed E-state index contributed by atoms with van der Waals surface area (Å²) < 4.78 is 0. The van der Waals surface area contributed by atoms with Crippen molar-refractivity contribution in [1.29, 1.82) is 0 Å². The van der Waals surface area contributed by atoms with Crippen molar-refractivity contribution in [3.8, 4) is 0 Å². The Morgan fingerprint density at radius 3 is 2.67 bits per heavy atom. The number of hydrogen-bond donors (Lipinski definition) is 1. The highest BCUT2D eigenvalue weighted by molar-refractivity contribution is 4.99. The monoisotopic (exact) mass is 210 g/mol. The Labute approximate surface area is 94.4 Å². The molecular formula is C13H26N2. The zero-order chi connectivity index (χ0) is 10.9. The molecule has 0 aromatic carbocycles. The van der Waals surface area contributed by atoms with E-state index in [0.717, 1.165) is 12.0 Å². The van der Waals surface area contributed by atoms with Crippen molar-refractivity contribution >= 4 is 0 Å². The van der Waals surface area contributed by atoms with E-state index < -0.39 is 0 Å². The number of rotatable bonds is 3. The fourth-order valence-corrected chi connectivity index (χ4v) is 3.39. The van der Waals surface area contributed by atoms with Gasteiger partial charge in [-0.15, -0.1) is 0 Å². The van der Waals surface area contributed by atoms with E-state index in [1.54, 1.807) is 0 Å². The van der Waals surface area contributed by atoms with Crippen LogP contribution >= 0.6 is 0 Å². The third-order valence-corrected chi connectivity index (χ3v) is 4.65. The van der Waals surface area contributed by atoms with Gasteiger partial charge in [-0.1, -0.05) is 13.8 Å². The van der Waals surface area contributed by atoms with Crippen LogP contribution in [0.1, 0.15) is 46.0 Å². The van der Waals surface area contributed by atoms with Gasteiger partial charge in [0.2, 0.25) is 0 Å². The second-order valence-corrected chi connectivity index (χ2v) is 5.82. The molecule has 1 N–H and O–H groups in total. The zero-order valence-electron chi connectivity index (χ0n) is 10.6. The maximum Gasteiger partial charge on any atom is 0.0219 e. The molecule has 2 atom stereocenters. The van der Waals surface area contributed by atoms with Gasteiger partial charge < -0.3 is 10.2 Å². The van der Waals surface area contributed by atoms with Gasteiger partial charge in [-0.25, -0.2) is 0 Å². The van der Waals surface area contributed by atoms with Gasteiger partial charge in [-0.2, -0.15) is 0 Å². The van der Waals surface area contributed by atoms with Crippen molar-refractivity contribution in [2.24, 2.45) is 5.92 Å². The largest absolute Gasteiger partial charge is 0.311 e. The van der Waals surface area contributed by atoms with E-state index >= 15 is 0 Å². The highest BCUT2D eigenvalue weighted by atomic mass is 15.2. The molecule has 2 rings (SSSR count). The summed E-state index contributed by atoms with van der Waals surface area (Å²) in [6, 6.07) is 0.831. The van der Waals surface area contributed by atoms with Gasteiger partial charge in [-0.3, -0.25) is 0 Å². The van der Waals surface area contributed by atoms with E-state index in [-0.39, 0.29) is 0 Å². The van der Waals surface area contributed by atoms with Gasteiger partial charge in [0.05, 0.1) is 0 Å². The van der Waals surface area contributed by atoms with Crippen LogP contribution in [-0.2, 0) is 0 Å². The maximum atomic E-state index is 3.79. The average molecular weight is 210 g/mol. The Hall–Kier alpha value is -0.0800. The summed E-state index contributed by atoms with van der Waals surface area (Å²) >= 11 is 0. The summed E-state index contributed by atoms with van der Waals surface area (Å²) in [5.41, 5.74) is 0.448. The topological polar surface area (TPSA) is 15.3 Å². The van der Waals surface area contributed by atoms with Gasteiger partial charge in [0.15, 0.2) is 0 Å². The lowest BCUT2D eigenvalue weighted by Gasteiger charge is -2.38. The highest BCUT2D eigenvalue weighted by Crippen LogP contribution is 2.35. The molecule has 2 heteroatoms. The van der Waals surface area contributed by atoms with Crippen LogP contribution in [0.15, 0.2) is 0 Å². The molecule has 2 fully saturated rings. The fourth-order valence-electron chi connectivity index (χ4n) is 3.39. The van der Waals surface area contributed by atoms with Crippen LogP contribution < -0.4 is 5.32 Å². The van der Waals surface area contributed by atoms with E-state index in [0.29, 0.717) is 5.54 Å². The molecule has 2 aliphatic heterocycles. The second-order valence-electron chi connectivity index (χ2n) is 5.82. The van der Waals surface area contributed by atoms with Crippen LogP contribution in [0.5, 0.6) is 0 Å². The van der Waals surface area contributed by atoms with Crippen molar-refractivity contribution in [3.63, 3.8) is 0 Å². The van der Waals surface area contributed by atoms with Crippen LogP contribution in [0.2, 0.25) is 0 Å². The average Bonchev–Trinajstić information content (AvgIpc) is 2.78. The van der Waals surface area contributed by atoms with Crippen molar-refractivity contribution in [3.05, 3.63) is 0 Å². The fraction of sp³-hybridized carbons (Fsp3) is 1.00. The van der Waals surface area contributed by atoms with E-state index in [9.17, 15) is 0 Å². The SMILES string of the molecule is CC(C)C1(CC2CCCN2C)CCCN1. The molecule has 2 heterocycles. The summed E-state index contributed by atoms with van der Waals surface area (Å²) in [5, 5.41) is 3.79. The normalized spacial score (nSPS) is 38.0. The summed E-state index contributed by atoms with van der Waals surface area (Å²) in [4.78, 5) is 2.56. The van der Waals surface area contributed by atoms with Gasteiger partial charge in [0.1, 0.15) is 0 Å². The molecule has 0 aromatic heterocycles. The standard InChI is InChI=1S/C13H26N2/c1-11(2)13(7-5-8-14-13)10-12-6-4-9-15(12)3/h11-12,14H,4-10H2,1-3H3. The summed E-state index contributed by atoms with van der Waals surface area (Å²) in [5.74, 6) is 0.772. The minimum absolute atomic E-state index is 0.448. The molecule has 0 aromatic rings. The molecule has 88 valence electrons. The van der Waals surface area contributed by atoms with E-state index in [1.807, 2.05) is 0 Å². The first-order valence-corrected chi connectivity index (χ1v) is 6.59. The van der Waals surface area contributed by atoms with Crippen LogP contribution in [0, 0.1) is 5.92 Å². The first-order valence-electron chi connectivity index (χ1n) is 6.59. The number of nitrogens with zero attached hydrogens (tertiary/aromatic N) is 1. The molecule has 0 amide bonds. The lowest BCUT2D eigenvalue weighted by Crippen LogP contribution is -2.49. The Morgan fingerprint density at radius 1 is 1.40 bits per heavy atom. The van der Waals surface area contributed by atoms with Crippen LogP contribution in [-0.4, -0.2) is 36.6 Å². The van der Waals surface area contributed by atoms with Gasteiger partial charge >= 0.3 is 0 Å². The maximum absolute atomic E-state index is 3.79. The van der Waals surface area contributed by atoms with Crippen molar-refractivity contribution in [2.75, 3.05) is 20.1 Å². The Morgan fingerprint density at radius 2 is 2.20 bits per heavy atom. The zero-order valence-corrected chi connectivity index (χ0v) is 10.6. The molecule has 0 saturated carbocycles. The van der Waals surface area contributed by atoms with Crippen molar-refractivity contribution in [2.45, 2.75) is 57.5 Å². The van der Waals surface area contributed by atoms with Gasteiger partial charge in [0, 0.05) is 11.6 Å². The van der Waals surface area contributed by atoms with E-state index in [4.69, 9.17) is 0 Å². The third kappa shape index (κ3) is 2.21. The smallest absolute Gasteiger partial charge is 0.0219 e. The molecule has 15 heavy (non-hydrogen) atoms. The molecule has 0 spiro atoms. The van der Waals surface area contributed by atoms with Crippen LogP contribution in [0.25, 0.3) is 0 Å². The lowest BCUT2D eigenvalue weighted by molar-refractivity contribution is 0.179. The number of likely N-dealkylation sites (tertiary alicyclic amines) is 1. The Balaban J connectivity index is 2.00. The minimum atomic E-state index is 0.448. The van der Waals surface area contributed by atoms with Crippen LogP contribution in [0.4, 0.5) is 0 Å². The van der Waals surface area contributed by atoms with Crippen molar-refractivity contribution in [1.82, 2.24) is 10.2 Å². The molecule has 0 bridgehead atoms. The first kappa shape index (κ1) is 11.4. The molecular weight excluding hydrogens is 184 g/mol. The second kappa shape index (κ2) is 4.42. The van der Waals surface area contributed by atoms with Crippen molar-refractivity contribution < 1.29 is 0 Å². The quantitative estimate of drug-likeness (QED) is 0.768. The van der Waals surface area contributed by atoms with Crippen LogP contribution in [0.3, 0.4) is 0 Å². The molecule has 2 aliphatic rings. The number of hydrogen-bond acceptors (Lipinski definition) is 2. The Bertz CT molecular complexity index is 207.